The van der Waals surface area contributed by atoms with Crippen LogP contribution in [0, 0.1) is 5.82 Å². The van der Waals surface area contributed by atoms with Gasteiger partial charge >= 0.3 is 12.1 Å². The van der Waals surface area contributed by atoms with E-state index in [-0.39, 0.29) is 44.1 Å². The number of carbonyl (C=O) groups excluding carboxylic acids is 2. The maximum atomic E-state index is 13.8. The first kappa shape index (κ1) is 24.9. The first-order valence-electron chi connectivity index (χ1n) is 11.8. The fourth-order valence-corrected chi connectivity index (χ4v) is 4.46. The normalized spacial score (nSPS) is 12.8. The molecular weight excluding hydrogens is 463 g/mol. The Morgan fingerprint density at radius 3 is 2.17 bits per heavy atom. The zero-order valence-electron chi connectivity index (χ0n) is 19.6. The molecule has 0 aromatic heterocycles. The van der Waals surface area contributed by atoms with Crippen LogP contribution in [0.1, 0.15) is 35.4 Å². The van der Waals surface area contributed by atoms with Crippen molar-refractivity contribution < 1.29 is 28.6 Å². The summed E-state index contributed by atoms with van der Waals surface area (Å²) < 4.78 is 19.3. The zero-order valence-corrected chi connectivity index (χ0v) is 19.6. The van der Waals surface area contributed by atoms with Gasteiger partial charge in [0.05, 0.1) is 0 Å². The summed E-state index contributed by atoms with van der Waals surface area (Å²) in [4.78, 5) is 36.4. The minimum Gasteiger partial charge on any atom is -0.481 e. The van der Waals surface area contributed by atoms with Crippen LogP contribution in [0.25, 0.3) is 11.1 Å². The average Bonchev–Trinajstić information content (AvgIpc) is 3.20. The number of carbonyl (C=O) groups is 3. The highest BCUT2D eigenvalue weighted by molar-refractivity contribution is 5.86. The Kier molecular flexibility index (Phi) is 7.95. The van der Waals surface area contributed by atoms with E-state index in [9.17, 15) is 18.8 Å². The number of fused-ring (bicyclic) bond motifs is 3. The van der Waals surface area contributed by atoms with Crippen molar-refractivity contribution in [2.45, 2.75) is 31.2 Å². The number of benzene rings is 3. The first-order chi connectivity index (χ1) is 17.4. The molecule has 0 spiro atoms. The molecule has 1 aliphatic carbocycles. The third kappa shape index (κ3) is 5.89. The molecular formula is C28H27FN2O5. The molecule has 3 aromatic rings. The molecule has 8 heteroatoms. The number of halogens is 1. The molecule has 0 aliphatic heterocycles. The Labute approximate surface area is 208 Å². The lowest BCUT2D eigenvalue weighted by molar-refractivity contribution is -0.137. The largest absolute Gasteiger partial charge is 0.481 e. The van der Waals surface area contributed by atoms with Gasteiger partial charge in [-0.1, -0.05) is 66.7 Å². The molecule has 0 saturated carbocycles. The monoisotopic (exact) mass is 490 g/mol. The highest BCUT2D eigenvalue weighted by Crippen LogP contribution is 2.44. The maximum absolute atomic E-state index is 13.8. The van der Waals surface area contributed by atoms with Crippen LogP contribution in [0.4, 0.5) is 9.18 Å². The molecule has 2 amide bonds. The van der Waals surface area contributed by atoms with Crippen molar-refractivity contribution in [1.29, 1.82) is 0 Å². The van der Waals surface area contributed by atoms with Crippen LogP contribution in [0.5, 0.6) is 0 Å². The van der Waals surface area contributed by atoms with Gasteiger partial charge in [-0.05, 0) is 46.7 Å². The third-order valence-electron chi connectivity index (χ3n) is 6.25. The highest BCUT2D eigenvalue weighted by Gasteiger charge is 2.30. The summed E-state index contributed by atoms with van der Waals surface area (Å²) in [6.07, 6.45) is -0.966. The van der Waals surface area contributed by atoms with Gasteiger partial charge in [-0.15, -0.1) is 0 Å². The molecule has 186 valence electrons. The van der Waals surface area contributed by atoms with Crippen LogP contribution < -0.4 is 10.6 Å². The lowest BCUT2D eigenvalue weighted by Gasteiger charge is -2.19. The lowest BCUT2D eigenvalue weighted by atomic mass is 9.98. The minimum absolute atomic E-state index is 0.0699. The fourth-order valence-electron chi connectivity index (χ4n) is 4.46. The van der Waals surface area contributed by atoms with Gasteiger partial charge in [-0.3, -0.25) is 9.59 Å². The van der Waals surface area contributed by atoms with E-state index < -0.39 is 24.0 Å². The van der Waals surface area contributed by atoms with E-state index >= 15 is 0 Å². The number of hydrogen-bond donors (Lipinski definition) is 3. The molecule has 36 heavy (non-hydrogen) atoms. The number of amides is 2. The second-order valence-corrected chi connectivity index (χ2v) is 8.59. The van der Waals surface area contributed by atoms with Gasteiger partial charge in [0.1, 0.15) is 18.5 Å². The van der Waals surface area contributed by atoms with E-state index in [0.29, 0.717) is 5.56 Å². The van der Waals surface area contributed by atoms with Gasteiger partial charge < -0.3 is 20.5 Å². The van der Waals surface area contributed by atoms with Crippen molar-refractivity contribution in [1.82, 2.24) is 10.6 Å². The zero-order chi connectivity index (χ0) is 25.5. The quantitative estimate of drug-likeness (QED) is 0.394. The molecule has 0 saturated heterocycles. The van der Waals surface area contributed by atoms with Crippen molar-refractivity contribution in [2.75, 3.05) is 13.2 Å². The van der Waals surface area contributed by atoms with E-state index in [4.69, 9.17) is 9.84 Å². The summed E-state index contributed by atoms with van der Waals surface area (Å²) in [5.41, 5.74) is 4.75. The highest BCUT2D eigenvalue weighted by atomic mass is 19.1. The molecule has 4 rings (SSSR count). The second-order valence-electron chi connectivity index (χ2n) is 8.59. The van der Waals surface area contributed by atoms with E-state index in [1.54, 1.807) is 18.2 Å². The van der Waals surface area contributed by atoms with Crippen molar-refractivity contribution in [3.8, 4) is 11.1 Å². The van der Waals surface area contributed by atoms with Crippen LogP contribution in [0.2, 0.25) is 0 Å². The average molecular weight is 491 g/mol. The number of hydrogen-bond acceptors (Lipinski definition) is 4. The third-order valence-corrected chi connectivity index (χ3v) is 6.25. The van der Waals surface area contributed by atoms with Crippen LogP contribution in [-0.4, -0.2) is 42.3 Å². The Hall–Kier alpha value is -4.20. The number of carboxylic acids is 1. The summed E-state index contributed by atoms with van der Waals surface area (Å²) in [6, 6.07) is 21.0. The summed E-state index contributed by atoms with van der Waals surface area (Å²) in [5.74, 6) is -2.16. The smallest absolute Gasteiger partial charge is 0.407 e. The number of aliphatic carboxylic acids is 1. The summed E-state index contributed by atoms with van der Waals surface area (Å²) in [6.45, 7) is 0.204. The molecule has 0 fully saturated rings. The molecule has 7 nitrogen and oxygen atoms in total. The molecule has 1 aliphatic rings. The van der Waals surface area contributed by atoms with Gasteiger partial charge in [0.15, 0.2) is 0 Å². The van der Waals surface area contributed by atoms with Crippen molar-refractivity contribution in [3.63, 3.8) is 0 Å². The number of carboxylic acid groups (broad SMARTS) is 1. The Balaban J connectivity index is 1.36. The van der Waals surface area contributed by atoms with Crippen LogP contribution >= 0.6 is 0 Å². The molecule has 3 N–H and O–H groups in total. The topological polar surface area (TPSA) is 105 Å². The number of nitrogens with one attached hydrogen (secondary N) is 2. The molecule has 0 radical (unpaired) electrons. The van der Waals surface area contributed by atoms with Crippen molar-refractivity contribution in [3.05, 3.63) is 95.3 Å². The van der Waals surface area contributed by atoms with Gasteiger partial charge in [0.25, 0.3) is 0 Å². The molecule has 1 atom stereocenters. The summed E-state index contributed by atoms with van der Waals surface area (Å²) in [5, 5.41) is 14.2. The van der Waals surface area contributed by atoms with Gasteiger partial charge in [-0.2, -0.15) is 0 Å². The Morgan fingerprint density at radius 2 is 1.53 bits per heavy atom. The Bertz CT molecular complexity index is 1220. The van der Waals surface area contributed by atoms with Crippen LogP contribution in [0.15, 0.2) is 72.8 Å². The predicted molar refractivity (Wildman–Crippen MR) is 132 cm³/mol. The number of alkyl carbamates (subject to hydrolysis) is 1. The SMILES string of the molecule is O=C(O)CC[C@H](NC(=O)OCC1c2ccccc2-c2ccccc21)C(=O)NCCc1ccccc1F. The molecule has 0 bridgehead atoms. The first-order valence-corrected chi connectivity index (χ1v) is 11.8. The number of ether oxygens (including phenoxy) is 1. The Morgan fingerprint density at radius 1 is 0.917 bits per heavy atom. The van der Waals surface area contributed by atoms with Gasteiger partial charge in [-0.25, -0.2) is 9.18 Å². The van der Waals surface area contributed by atoms with E-state index in [1.165, 1.54) is 6.07 Å². The minimum atomic E-state index is -1.10. The van der Waals surface area contributed by atoms with Gasteiger partial charge in [0.2, 0.25) is 5.91 Å². The van der Waals surface area contributed by atoms with E-state index in [2.05, 4.69) is 10.6 Å². The molecule has 0 heterocycles. The van der Waals surface area contributed by atoms with E-state index in [0.717, 1.165) is 22.3 Å². The lowest BCUT2D eigenvalue weighted by Crippen LogP contribution is -2.47. The van der Waals surface area contributed by atoms with Crippen molar-refractivity contribution >= 4 is 18.0 Å². The fraction of sp³-hybridized carbons (Fsp3) is 0.250. The standard InChI is InChI=1S/C28H27FN2O5/c29-24-12-6-1-7-18(24)15-16-30-27(34)25(13-14-26(32)33)31-28(35)36-17-23-21-10-4-2-8-19(21)20-9-3-5-11-22(20)23/h1-12,23,25H,13-17H2,(H,30,34)(H,31,35)(H,32,33)/t25-/m0/s1. The van der Waals surface area contributed by atoms with Crippen LogP contribution in [-0.2, 0) is 20.7 Å². The molecule has 0 unspecified atom stereocenters. The second kappa shape index (κ2) is 11.5. The number of rotatable bonds is 10. The predicted octanol–water partition coefficient (Wildman–Crippen LogP) is 4.26. The van der Waals surface area contributed by atoms with Gasteiger partial charge in [0, 0.05) is 18.9 Å². The van der Waals surface area contributed by atoms with Crippen LogP contribution in [0.3, 0.4) is 0 Å². The summed E-state index contributed by atoms with van der Waals surface area (Å²) in [7, 11) is 0. The van der Waals surface area contributed by atoms with Crippen molar-refractivity contribution in [2.24, 2.45) is 0 Å². The summed E-state index contributed by atoms with van der Waals surface area (Å²) >= 11 is 0. The molecule has 3 aromatic carbocycles. The maximum Gasteiger partial charge on any atom is 0.407 e. The van der Waals surface area contributed by atoms with E-state index in [1.807, 2.05) is 48.5 Å².